The van der Waals surface area contributed by atoms with Gasteiger partial charge in [-0.15, -0.1) is 12.4 Å². The van der Waals surface area contributed by atoms with Gasteiger partial charge in [-0.3, -0.25) is 0 Å². The van der Waals surface area contributed by atoms with Gasteiger partial charge in [0, 0.05) is 12.7 Å². The summed E-state index contributed by atoms with van der Waals surface area (Å²) in [5.74, 6) is 0.769. The highest BCUT2D eigenvalue weighted by Gasteiger charge is 1.93. The molecule has 0 fully saturated rings. The maximum absolute atomic E-state index is 5.58. The highest BCUT2D eigenvalue weighted by molar-refractivity contribution is 5.85. The average Bonchev–Trinajstić information content (AvgIpc) is 1.94. The van der Waals surface area contributed by atoms with Crippen LogP contribution < -0.4 is 11.1 Å². The molecule has 0 saturated heterocycles. The van der Waals surface area contributed by atoms with Crippen LogP contribution in [0.3, 0.4) is 0 Å². The fraction of sp³-hybridized carbons (Fsp3) is 0.286. The molecule has 0 aromatic carbocycles. The number of rotatable bonds is 2. The largest absolute Gasteiger partial charge is 0.396 e. The first-order valence-corrected chi connectivity index (χ1v) is 3.29. The highest BCUT2D eigenvalue weighted by Crippen LogP contribution is 2.11. The first-order chi connectivity index (χ1) is 4.84. The molecule has 1 heterocycles. The maximum atomic E-state index is 5.58. The van der Waals surface area contributed by atoms with Crippen molar-refractivity contribution in [3.05, 3.63) is 18.3 Å². The van der Waals surface area contributed by atoms with Crippen molar-refractivity contribution < 1.29 is 0 Å². The molecule has 11 heavy (non-hydrogen) atoms. The molecule has 3 N–H and O–H groups in total. The van der Waals surface area contributed by atoms with Crippen molar-refractivity contribution in [2.45, 2.75) is 6.92 Å². The van der Waals surface area contributed by atoms with E-state index in [9.17, 15) is 0 Å². The number of hydrogen-bond donors (Lipinski definition) is 2. The number of aromatic nitrogens is 1. The Morgan fingerprint density at radius 2 is 2.36 bits per heavy atom. The molecule has 0 saturated carbocycles. The first kappa shape index (κ1) is 10.0. The van der Waals surface area contributed by atoms with Gasteiger partial charge in [0.2, 0.25) is 0 Å². The minimum absolute atomic E-state index is 0. The number of halogens is 1. The van der Waals surface area contributed by atoms with Gasteiger partial charge in [0.05, 0.1) is 5.69 Å². The van der Waals surface area contributed by atoms with Crippen LogP contribution in [0.5, 0.6) is 0 Å². The SMILES string of the molecule is CCNc1ncccc1N.Cl. The summed E-state index contributed by atoms with van der Waals surface area (Å²) in [5.41, 5.74) is 6.28. The summed E-state index contributed by atoms with van der Waals surface area (Å²) >= 11 is 0. The zero-order valence-corrected chi connectivity index (χ0v) is 7.19. The van der Waals surface area contributed by atoms with E-state index >= 15 is 0 Å². The van der Waals surface area contributed by atoms with Crippen molar-refractivity contribution >= 4 is 23.9 Å². The fourth-order valence-corrected chi connectivity index (χ4v) is 0.733. The normalized spacial score (nSPS) is 8.45. The van der Waals surface area contributed by atoms with Crippen molar-refractivity contribution in [1.29, 1.82) is 0 Å². The molecule has 1 aromatic rings. The molecule has 0 aliphatic heterocycles. The second-order valence-corrected chi connectivity index (χ2v) is 1.97. The molecular formula is C7H12ClN3. The van der Waals surface area contributed by atoms with Crippen LogP contribution in [0.25, 0.3) is 0 Å². The van der Waals surface area contributed by atoms with Crippen LogP contribution in [0.2, 0.25) is 0 Å². The van der Waals surface area contributed by atoms with E-state index in [0.29, 0.717) is 5.69 Å². The molecule has 4 heteroatoms. The second-order valence-electron chi connectivity index (χ2n) is 1.97. The smallest absolute Gasteiger partial charge is 0.149 e. The molecule has 0 unspecified atom stereocenters. The lowest BCUT2D eigenvalue weighted by Gasteiger charge is -2.03. The summed E-state index contributed by atoms with van der Waals surface area (Å²) in [7, 11) is 0. The molecule has 0 bridgehead atoms. The third kappa shape index (κ3) is 2.63. The number of nitrogens with one attached hydrogen (secondary N) is 1. The van der Waals surface area contributed by atoms with E-state index in [0.717, 1.165) is 12.4 Å². The van der Waals surface area contributed by atoms with E-state index in [1.165, 1.54) is 0 Å². The molecule has 0 aliphatic carbocycles. The van der Waals surface area contributed by atoms with Gasteiger partial charge in [0.15, 0.2) is 0 Å². The Hall–Kier alpha value is -0.960. The summed E-state index contributed by atoms with van der Waals surface area (Å²) in [6.07, 6.45) is 1.72. The zero-order valence-electron chi connectivity index (χ0n) is 6.37. The Morgan fingerprint density at radius 3 is 2.91 bits per heavy atom. The molecule has 0 radical (unpaired) electrons. The quantitative estimate of drug-likeness (QED) is 0.713. The molecule has 1 aromatic heterocycles. The molecule has 62 valence electrons. The van der Waals surface area contributed by atoms with Crippen LogP contribution in [0.4, 0.5) is 11.5 Å². The van der Waals surface area contributed by atoms with E-state index in [4.69, 9.17) is 5.73 Å². The van der Waals surface area contributed by atoms with Crippen LogP contribution >= 0.6 is 12.4 Å². The van der Waals surface area contributed by atoms with Crippen molar-refractivity contribution in [1.82, 2.24) is 4.98 Å². The van der Waals surface area contributed by atoms with Gasteiger partial charge in [-0.25, -0.2) is 4.98 Å². The van der Waals surface area contributed by atoms with E-state index in [1.807, 2.05) is 19.1 Å². The lowest BCUT2D eigenvalue weighted by molar-refractivity contribution is 1.16. The number of nitrogen functional groups attached to an aromatic ring is 1. The van der Waals surface area contributed by atoms with Gasteiger partial charge in [-0.05, 0) is 19.1 Å². The molecule has 1 rings (SSSR count). The number of nitrogens with zero attached hydrogens (tertiary/aromatic N) is 1. The van der Waals surface area contributed by atoms with Gasteiger partial charge in [-0.2, -0.15) is 0 Å². The van der Waals surface area contributed by atoms with Crippen LogP contribution in [0, 0.1) is 0 Å². The van der Waals surface area contributed by atoms with E-state index in [2.05, 4.69) is 10.3 Å². The van der Waals surface area contributed by atoms with Crippen LogP contribution in [0.1, 0.15) is 6.92 Å². The minimum atomic E-state index is 0. The van der Waals surface area contributed by atoms with Gasteiger partial charge in [0.25, 0.3) is 0 Å². The Morgan fingerprint density at radius 1 is 1.64 bits per heavy atom. The number of pyridine rings is 1. The maximum Gasteiger partial charge on any atom is 0.149 e. The van der Waals surface area contributed by atoms with Gasteiger partial charge < -0.3 is 11.1 Å². The third-order valence-corrected chi connectivity index (χ3v) is 1.18. The highest BCUT2D eigenvalue weighted by atomic mass is 35.5. The van der Waals surface area contributed by atoms with E-state index < -0.39 is 0 Å². The molecule has 0 spiro atoms. The van der Waals surface area contributed by atoms with Gasteiger partial charge in [-0.1, -0.05) is 0 Å². The minimum Gasteiger partial charge on any atom is -0.396 e. The summed E-state index contributed by atoms with van der Waals surface area (Å²) in [6, 6.07) is 3.64. The number of nitrogens with two attached hydrogens (primary N) is 1. The lowest BCUT2D eigenvalue weighted by atomic mass is 10.4. The predicted molar refractivity (Wildman–Crippen MR) is 50.1 cm³/mol. The zero-order chi connectivity index (χ0) is 7.40. The first-order valence-electron chi connectivity index (χ1n) is 3.29. The van der Waals surface area contributed by atoms with E-state index in [1.54, 1.807) is 6.20 Å². The predicted octanol–water partition coefficient (Wildman–Crippen LogP) is 1.52. The Labute approximate surface area is 72.4 Å². The summed E-state index contributed by atoms with van der Waals surface area (Å²) in [4.78, 5) is 4.03. The molecule has 0 aliphatic rings. The Bertz CT molecular complexity index is 215. The van der Waals surface area contributed by atoms with Gasteiger partial charge >= 0.3 is 0 Å². The Kier molecular flexibility index (Phi) is 4.38. The number of anilines is 2. The molecule has 0 atom stereocenters. The van der Waals surface area contributed by atoms with Crippen molar-refractivity contribution in [2.24, 2.45) is 0 Å². The molecular weight excluding hydrogens is 162 g/mol. The van der Waals surface area contributed by atoms with Crippen molar-refractivity contribution in [3.8, 4) is 0 Å². The molecule has 3 nitrogen and oxygen atoms in total. The molecule has 0 amide bonds. The standard InChI is InChI=1S/C7H11N3.ClH/c1-2-9-7-6(8)4-3-5-10-7;/h3-5H,2,8H2,1H3,(H,9,10);1H. The van der Waals surface area contributed by atoms with Crippen LogP contribution in [-0.4, -0.2) is 11.5 Å². The van der Waals surface area contributed by atoms with Crippen molar-refractivity contribution in [2.75, 3.05) is 17.6 Å². The average molecular weight is 174 g/mol. The van der Waals surface area contributed by atoms with Crippen molar-refractivity contribution in [3.63, 3.8) is 0 Å². The third-order valence-electron chi connectivity index (χ3n) is 1.18. The van der Waals surface area contributed by atoms with E-state index in [-0.39, 0.29) is 12.4 Å². The Balaban J connectivity index is 0.000001000. The monoisotopic (exact) mass is 173 g/mol. The van der Waals surface area contributed by atoms with Gasteiger partial charge in [0.1, 0.15) is 5.82 Å². The van der Waals surface area contributed by atoms with Crippen LogP contribution in [-0.2, 0) is 0 Å². The summed E-state index contributed by atoms with van der Waals surface area (Å²) in [5, 5.41) is 3.04. The van der Waals surface area contributed by atoms with Crippen LogP contribution in [0.15, 0.2) is 18.3 Å². The lowest BCUT2D eigenvalue weighted by Crippen LogP contribution is -2.02. The summed E-state index contributed by atoms with van der Waals surface area (Å²) in [6.45, 7) is 2.86. The number of hydrogen-bond acceptors (Lipinski definition) is 3. The topological polar surface area (TPSA) is 50.9 Å². The fourth-order valence-electron chi connectivity index (χ4n) is 0.733. The summed E-state index contributed by atoms with van der Waals surface area (Å²) < 4.78 is 0. The second kappa shape index (κ2) is 4.79.